The number of ether oxygens (including phenoxy) is 3. The molecule has 6 nitrogen and oxygen atoms in total. The summed E-state index contributed by atoms with van der Waals surface area (Å²) in [5, 5.41) is 2.72. The molecule has 0 aliphatic heterocycles. The minimum absolute atomic E-state index is 0.0326. The van der Waals surface area contributed by atoms with E-state index in [0.717, 1.165) is 12.8 Å². The number of carbonyl (C=O) groups is 2. The van der Waals surface area contributed by atoms with Crippen LogP contribution in [0.4, 0.5) is 8.78 Å². The Kier molecular flexibility index (Phi) is 5.36. The summed E-state index contributed by atoms with van der Waals surface area (Å²) in [5.74, 6) is -1.36. The highest BCUT2D eigenvalue weighted by atomic mass is 19.3. The van der Waals surface area contributed by atoms with Gasteiger partial charge in [-0.2, -0.15) is 8.78 Å². The van der Waals surface area contributed by atoms with E-state index in [2.05, 4.69) is 10.1 Å². The molecule has 0 radical (unpaired) electrons. The highest BCUT2D eigenvalue weighted by Crippen LogP contribution is 2.29. The van der Waals surface area contributed by atoms with Gasteiger partial charge >= 0.3 is 12.6 Å². The van der Waals surface area contributed by atoms with Crippen LogP contribution in [0, 0.1) is 0 Å². The maximum Gasteiger partial charge on any atom is 0.387 e. The lowest BCUT2D eigenvalue weighted by Crippen LogP contribution is -2.37. The topological polar surface area (TPSA) is 73.9 Å². The van der Waals surface area contributed by atoms with Gasteiger partial charge < -0.3 is 19.5 Å². The smallest absolute Gasteiger partial charge is 0.387 e. The van der Waals surface area contributed by atoms with Crippen molar-refractivity contribution in [2.75, 3.05) is 7.11 Å². The second-order valence-corrected chi connectivity index (χ2v) is 5.07. The molecular weight excluding hydrogens is 312 g/mol. The number of carbonyl (C=O) groups excluding carboxylic acids is 2. The average Bonchev–Trinajstić information content (AvgIpc) is 3.30. The van der Waals surface area contributed by atoms with E-state index >= 15 is 0 Å². The van der Waals surface area contributed by atoms with Gasteiger partial charge in [-0.3, -0.25) is 4.79 Å². The third-order valence-corrected chi connectivity index (χ3v) is 3.19. The predicted octanol–water partition coefficient (Wildman–Crippen LogP) is 2.12. The van der Waals surface area contributed by atoms with E-state index in [-0.39, 0.29) is 29.0 Å². The molecular formula is C15H17F2NO5. The van der Waals surface area contributed by atoms with Crippen molar-refractivity contribution in [1.82, 2.24) is 5.32 Å². The highest BCUT2D eigenvalue weighted by molar-refractivity contribution is 5.93. The Bertz CT molecular complexity index is 589. The van der Waals surface area contributed by atoms with Gasteiger partial charge in [0.1, 0.15) is 0 Å². The van der Waals surface area contributed by atoms with Crippen molar-refractivity contribution in [2.24, 2.45) is 0 Å². The molecule has 0 bridgehead atoms. The molecule has 1 aromatic carbocycles. The Hall–Kier alpha value is -2.38. The molecule has 0 saturated heterocycles. The van der Waals surface area contributed by atoms with Gasteiger partial charge in [0.25, 0.3) is 5.91 Å². The summed E-state index contributed by atoms with van der Waals surface area (Å²) in [6.45, 7) is -1.55. The summed E-state index contributed by atoms with van der Waals surface area (Å²) in [6.07, 6.45) is 0.899. The molecule has 1 unspecified atom stereocenters. The van der Waals surface area contributed by atoms with Crippen LogP contribution in [0.3, 0.4) is 0 Å². The number of alkyl halides is 2. The van der Waals surface area contributed by atoms with Gasteiger partial charge in [-0.25, -0.2) is 4.79 Å². The number of methoxy groups -OCH3 is 1. The van der Waals surface area contributed by atoms with Crippen molar-refractivity contribution in [3.8, 4) is 11.5 Å². The Morgan fingerprint density at radius 3 is 2.52 bits per heavy atom. The second-order valence-electron chi connectivity index (χ2n) is 5.07. The van der Waals surface area contributed by atoms with Crippen LogP contribution < -0.4 is 14.8 Å². The van der Waals surface area contributed by atoms with E-state index < -0.39 is 18.7 Å². The number of hydrogen-bond acceptors (Lipinski definition) is 5. The van der Waals surface area contributed by atoms with Crippen LogP contribution >= 0.6 is 0 Å². The molecule has 1 amide bonds. The normalized spacial score (nSPS) is 15.0. The SMILES string of the molecule is COc1cc(C(=O)OC(C)C(=O)NC2CC2)ccc1OC(F)F. The summed E-state index contributed by atoms with van der Waals surface area (Å²) in [4.78, 5) is 23.8. The minimum Gasteiger partial charge on any atom is -0.493 e. The Labute approximate surface area is 131 Å². The van der Waals surface area contributed by atoms with Gasteiger partial charge in [0.15, 0.2) is 17.6 Å². The molecule has 0 aromatic heterocycles. The first-order valence-corrected chi connectivity index (χ1v) is 7.05. The number of benzene rings is 1. The van der Waals surface area contributed by atoms with Crippen LogP contribution in [-0.4, -0.2) is 37.7 Å². The van der Waals surface area contributed by atoms with E-state index in [9.17, 15) is 18.4 Å². The van der Waals surface area contributed by atoms with Crippen molar-refractivity contribution in [3.05, 3.63) is 23.8 Å². The van der Waals surface area contributed by atoms with Crippen LogP contribution in [-0.2, 0) is 9.53 Å². The van der Waals surface area contributed by atoms with Crippen molar-refractivity contribution < 1.29 is 32.6 Å². The number of hydrogen-bond donors (Lipinski definition) is 1. The van der Waals surface area contributed by atoms with E-state index in [4.69, 9.17) is 9.47 Å². The number of rotatable bonds is 7. The zero-order chi connectivity index (χ0) is 17.0. The number of esters is 1. The molecule has 1 aliphatic carbocycles. The lowest BCUT2D eigenvalue weighted by atomic mass is 10.2. The van der Waals surface area contributed by atoms with Crippen molar-refractivity contribution >= 4 is 11.9 Å². The van der Waals surface area contributed by atoms with Crippen LogP contribution in [0.15, 0.2) is 18.2 Å². The quantitative estimate of drug-likeness (QED) is 0.776. The van der Waals surface area contributed by atoms with Crippen LogP contribution in [0.2, 0.25) is 0 Å². The fraction of sp³-hybridized carbons (Fsp3) is 0.467. The fourth-order valence-corrected chi connectivity index (χ4v) is 1.82. The fourth-order valence-electron chi connectivity index (χ4n) is 1.82. The standard InChI is InChI=1S/C15H17F2NO5/c1-8(13(19)18-10-4-5-10)22-14(20)9-3-6-11(23-15(16)17)12(7-9)21-2/h3,6-8,10,15H,4-5H2,1-2H3,(H,18,19). The molecule has 1 saturated carbocycles. The Morgan fingerprint density at radius 2 is 1.96 bits per heavy atom. The minimum atomic E-state index is -3.01. The van der Waals surface area contributed by atoms with Gasteiger partial charge in [-0.15, -0.1) is 0 Å². The number of nitrogens with one attached hydrogen (secondary N) is 1. The van der Waals surface area contributed by atoms with Gasteiger partial charge in [0.05, 0.1) is 12.7 Å². The molecule has 2 rings (SSSR count). The van der Waals surface area contributed by atoms with Crippen molar-refractivity contribution in [3.63, 3.8) is 0 Å². The molecule has 1 aliphatic rings. The summed E-state index contributed by atoms with van der Waals surface area (Å²) in [6, 6.07) is 3.81. The average molecular weight is 329 g/mol. The van der Waals surface area contributed by atoms with Gasteiger partial charge in [-0.1, -0.05) is 0 Å². The van der Waals surface area contributed by atoms with Crippen molar-refractivity contribution in [2.45, 2.75) is 38.5 Å². The van der Waals surface area contributed by atoms with Gasteiger partial charge in [-0.05, 0) is 38.0 Å². The molecule has 0 spiro atoms. The molecule has 1 fully saturated rings. The van der Waals surface area contributed by atoms with Gasteiger partial charge in [0.2, 0.25) is 0 Å². The largest absolute Gasteiger partial charge is 0.493 e. The maximum absolute atomic E-state index is 12.3. The Balaban J connectivity index is 2.01. The van der Waals surface area contributed by atoms with E-state index in [0.29, 0.717) is 0 Å². The zero-order valence-corrected chi connectivity index (χ0v) is 12.7. The molecule has 1 aromatic rings. The lowest BCUT2D eigenvalue weighted by molar-refractivity contribution is -0.129. The van der Waals surface area contributed by atoms with E-state index in [1.165, 1.54) is 32.2 Å². The number of halogens is 2. The van der Waals surface area contributed by atoms with E-state index in [1.54, 1.807) is 0 Å². The zero-order valence-electron chi connectivity index (χ0n) is 12.7. The van der Waals surface area contributed by atoms with E-state index in [1.807, 2.05) is 0 Å². The molecule has 1 atom stereocenters. The van der Waals surface area contributed by atoms with Crippen molar-refractivity contribution in [1.29, 1.82) is 0 Å². The summed E-state index contributed by atoms with van der Waals surface area (Å²) < 4.78 is 38.7. The second kappa shape index (κ2) is 7.26. The first kappa shape index (κ1) is 17.0. The van der Waals surface area contributed by atoms with Crippen LogP contribution in [0.25, 0.3) is 0 Å². The third kappa shape index (κ3) is 4.80. The van der Waals surface area contributed by atoms with Gasteiger partial charge in [0, 0.05) is 6.04 Å². The monoisotopic (exact) mass is 329 g/mol. The number of amides is 1. The maximum atomic E-state index is 12.3. The summed E-state index contributed by atoms with van der Waals surface area (Å²) in [7, 11) is 1.26. The first-order valence-electron chi connectivity index (χ1n) is 7.05. The Morgan fingerprint density at radius 1 is 1.26 bits per heavy atom. The summed E-state index contributed by atoms with van der Waals surface area (Å²) >= 11 is 0. The third-order valence-electron chi connectivity index (χ3n) is 3.19. The van der Waals surface area contributed by atoms with Crippen LogP contribution in [0.5, 0.6) is 11.5 Å². The molecule has 126 valence electrons. The molecule has 1 N–H and O–H groups in total. The summed E-state index contributed by atoms with van der Waals surface area (Å²) in [5.41, 5.74) is 0.0644. The molecule has 8 heteroatoms. The highest BCUT2D eigenvalue weighted by Gasteiger charge is 2.27. The van der Waals surface area contributed by atoms with Crippen LogP contribution in [0.1, 0.15) is 30.1 Å². The predicted molar refractivity (Wildman–Crippen MR) is 75.7 cm³/mol. The lowest BCUT2D eigenvalue weighted by Gasteiger charge is -2.14. The molecule has 0 heterocycles. The first-order chi connectivity index (χ1) is 10.9. The molecule has 23 heavy (non-hydrogen) atoms.